The van der Waals surface area contributed by atoms with E-state index in [0.717, 1.165) is 43.2 Å². The second-order valence-electron chi connectivity index (χ2n) is 5.98. The van der Waals surface area contributed by atoms with Gasteiger partial charge >= 0.3 is 0 Å². The maximum Gasteiger partial charge on any atom is 0.260 e. The molecule has 4 rings (SSSR count). The van der Waals surface area contributed by atoms with Crippen LogP contribution in [0.5, 0.6) is 0 Å². The number of nitrogens with one attached hydrogen (secondary N) is 1. The lowest BCUT2D eigenvalue weighted by Crippen LogP contribution is -2.47. The molecule has 3 aromatic heterocycles. The molecule has 9 heteroatoms. The molecule has 7 nitrogen and oxygen atoms in total. The predicted octanol–water partition coefficient (Wildman–Crippen LogP) is 2.29. The molecule has 0 amide bonds. The monoisotopic (exact) mass is 378 g/mol. The molecular formula is C16H16Cl2N6O. The Morgan fingerprint density at radius 3 is 2.36 bits per heavy atom. The van der Waals surface area contributed by atoms with E-state index in [9.17, 15) is 4.79 Å². The lowest BCUT2D eigenvalue weighted by Gasteiger charge is -2.37. The summed E-state index contributed by atoms with van der Waals surface area (Å²) in [6.45, 7) is 2.98. The summed E-state index contributed by atoms with van der Waals surface area (Å²) < 4.78 is 1.71. The normalized spacial score (nSPS) is 15.2. The van der Waals surface area contributed by atoms with Gasteiger partial charge in [0.05, 0.1) is 32.8 Å². The average molecular weight is 379 g/mol. The van der Waals surface area contributed by atoms with Crippen LogP contribution in [0.2, 0.25) is 10.0 Å². The molecule has 1 aliphatic heterocycles. The SMILES string of the molecule is Cn1ncc2c(=O)[nH]c(N3CCN(c4c(Cl)cncc4Cl)CC3)cc21. The van der Waals surface area contributed by atoms with E-state index in [1.807, 2.05) is 13.1 Å². The minimum Gasteiger partial charge on any atom is -0.365 e. The summed E-state index contributed by atoms with van der Waals surface area (Å²) in [4.78, 5) is 23.5. The van der Waals surface area contributed by atoms with Crippen molar-refractivity contribution in [3.8, 4) is 0 Å². The topological polar surface area (TPSA) is 70.1 Å². The largest absolute Gasteiger partial charge is 0.365 e. The van der Waals surface area contributed by atoms with Gasteiger partial charge in [-0.1, -0.05) is 23.2 Å². The van der Waals surface area contributed by atoms with E-state index < -0.39 is 0 Å². The third-order valence-electron chi connectivity index (χ3n) is 4.51. The molecule has 0 bridgehead atoms. The summed E-state index contributed by atoms with van der Waals surface area (Å²) in [6, 6.07) is 1.96. The van der Waals surface area contributed by atoms with E-state index in [0.29, 0.717) is 15.4 Å². The number of pyridine rings is 2. The first-order chi connectivity index (χ1) is 12.0. The van der Waals surface area contributed by atoms with Crippen molar-refractivity contribution in [1.82, 2.24) is 19.7 Å². The molecule has 0 radical (unpaired) electrons. The quantitative estimate of drug-likeness (QED) is 0.740. The smallest absolute Gasteiger partial charge is 0.260 e. The van der Waals surface area contributed by atoms with Gasteiger partial charge in [0, 0.05) is 51.7 Å². The number of aryl methyl sites for hydroxylation is 1. The minimum atomic E-state index is -0.122. The number of rotatable bonds is 2. The highest BCUT2D eigenvalue weighted by molar-refractivity contribution is 6.38. The number of aromatic amines is 1. The maximum atomic E-state index is 12.2. The molecule has 130 valence electrons. The first-order valence-corrected chi connectivity index (χ1v) is 8.64. The van der Waals surface area contributed by atoms with Crippen molar-refractivity contribution < 1.29 is 0 Å². The number of aromatic nitrogens is 4. The minimum absolute atomic E-state index is 0.122. The highest BCUT2D eigenvalue weighted by Gasteiger charge is 2.22. The summed E-state index contributed by atoms with van der Waals surface area (Å²) in [6.07, 6.45) is 4.79. The fourth-order valence-corrected chi connectivity index (χ4v) is 3.79. The molecule has 1 fully saturated rings. The first kappa shape index (κ1) is 16.2. The van der Waals surface area contributed by atoms with Crippen molar-refractivity contribution >= 4 is 45.6 Å². The van der Waals surface area contributed by atoms with Crippen LogP contribution in [-0.4, -0.2) is 45.9 Å². The van der Waals surface area contributed by atoms with Crippen LogP contribution < -0.4 is 15.4 Å². The molecular weight excluding hydrogens is 363 g/mol. The predicted molar refractivity (Wildman–Crippen MR) is 100 cm³/mol. The molecule has 1 aliphatic rings. The fourth-order valence-electron chi connectivity index (χ4n) is 3.19. The van der Waals surface area contributed by atoms with Gasteiger partial charge in [0.2, 0.25) is 0 Å². The molecule has 0 unspecified atom stereocenters. The standard InChI is InChI=1S/C16H16Cl2N6O/c1-22-13-6-14(21-16(25)10(13)7-20-22)23-2-4-24(5-3-23)15-11(17)8-19-9-12(15)18/h6-9H,2-5H2,1H3,(H,21,25). The Labute approximate surface area is 153 Å². The fraction of sp³-hybridized carbons (Fsp3) is 0.312. The van der Waals surface area contributed by atoms with Gasteiger partial charge < -0.3 is 14.8 Å². The Morgan fingerprint density at radius 2 is 1.68 bits per heavy atom. The van der Waals surface area contributed by atoms with Crippen molar-refractivity contribution in [2.75, 3.05) is 36.0 Å². The summed E-state index contributed by atoms with van der Waals surface area (Å²) in [5.74, 6) is 0.799. The molecule has 4 heterocycles. The summed E-state index contributed by atoms with van der Waals surface area (Å²) >= 11 is 12.5. The van der Waals surface area contributed by atoms with E-state index in [1.54, 1.807) is 23.3 Å². The molecule has 0 aliphatic carbocycles. The number of nitrogens with zero attached hydrogens (tertiary/aromatic N) is 5. The van der Waals surface area contributed by atoms with Gasteiger partial charge in [-0.3, -0.25) is 14.5 Å². The lowest BCUT2D eigenvalue weighted by molar-refractivity contribution is 0.647. The van der Waals surface area contributed by atoms with Crippen molar-refractivity contribution in [2.24, 2.45) is 7.05 Å². The van der Waals surface area contributed by atoms with Crippen LogP contribution in [0.4, 0.5) is 11.5 Å². The van der Waals surface area contributed by atoms with Gasteiger partial charge in [-0.05, 0) is 0 Å². The first-order valence-electron chi connectivity index (χ1n) is 7.88. The van der Waals surface area contributed by atoms with Crippen LogP contribution in [0, 0.1) is 0 Å². The van der Waals surface area contributed by atoms with Crippen LogP contribution in [-0.2, 0) is 7.05 Å². The van der Waals surface area contributed by atoms with Gasteiger partial charge in [0.25, 0.3) is 5.56 Å². The van der Waals surface area contributed by atoms with E-state index in [1.165, 1.54) is 0 Å². The Bertz CT molecular complexity index is 970. The number of H-pyrrole nitrogens is 1. The summed E-state index contributed by atoms with van der Waals surface area (Å²) in [5, 5.41) is 5.84. The van der Waals surface area contributed by atoms with Gasteiger partial charge in [0.15, 0.2) is 0 Å². The van der Waals surface area contributed by atoms with E-state index in [2.05, 4.69) is 24.9 Å². The second-order valence-corrected chi connectivity index (χ2v) is 6.79. The zero-order valence-corrected chi connectivity index (χ0v) is 15.0. The highest BCUT2D eigenvalue weighted by atomic mass is 35.5. The van der Waals surface area contributed by atoms with Crippen molar-refractivity contribution in [2.45, 2.75) is 0 Å². The van der Waals surface area contributed by atoms with E-state index in [-0.39, 0.29) is 5.56 Å². The Morgan fingerprint density at radius 1 is 1.04 bits per heavy atom. The third-order valence-corrected chi connectivity index (χ3v) is 5.06. The third kappa shape index (κ3) is 2.83. The molecule has 1 saturated heterocycles. The average Bonchev–Trinajstić information content (AvgIpc) is 2.97. The molecule has 25 heavy (non-hydrogen) atoms. The number of piperazine rings is 1. The Kier molecular flexibility index (Phi) is 4.05. The van der Waals surface area contributed by atoms with Crippen molar-refractivity contribution in [3.05, 3.63) is 45.1 Å². The Balaban J connectivity index is 1.58. The van der Waals surface area contributed by atoms with Crippen molar-refractivity contribution in [3.63, 3.8) is 0 Å². The van der Waals surface area contributed by atoms with Crippen LogP contribution in [0.1, 0.15) is 0 Å². The van der Waals surface area contributed by atoms with Gasteiger partial charge in [-0.15, -0.1) is 0 Å². The molecule has 1 N–H and O–H groups in total. The van der Waals surface area contributed by atoms with Crippen LogP contribution >= 0.6 is 23.2 Å². The van der Waals surface area contributed by atoms with E-state index >= 15 is 0 Å². The van der Waals surface area contributed by atoms with Gasteiger partial charge in [-0.25, -0.2) is 0 Å². The molecule has 0 spiro atoms. The number of halogens is 2. The lowest BCUT2D eigenvalue weighted by atomic mass is 10.2. The number of hydrogen-bond donors (Lipinski definition) is 1. The van der Waals surface area contributed by atoms with Gasteiger partial charge in [0.1, 0.15) is 5.82 Å². The highest BCUT2D eigenvalue weighted by Crippen LogP contribution is 2.33. The second kappa shape index (κ2) is 6.24. The number of anilines is 2. The number of fused-ring (bicyclic) bond motifs is 1. The summed E-state index contributed by atoms with van der Waals surface area (Å²) in [7, 11) is 1.83. The Hall–Kier alpha value is -2.25. The molecule has 0 aromatic carbocycles. The zero-order valence-electron chi connectivity index (χ0n) is 13.5. The van der Waals surface area contributed by atoms with Gasteiger partial charge in [-0.2, -0.15) is 5.10 Å². The van der Waals surface area contributed by atoms with Crippen LogP contribution in [0.15, 0.2) is 29.5 Å². The number of hydrogen-bond acceptors (Lipinski definition) is 5. The maximum absolute atomic E-state index is 12.2. The zero-order chi connectivity index (χ0) is 17.6. The molecule has 3 aromatic rings. The summed E-state index contributed by atoms with van der Waals surface area (Å²) in [5.41, 5.74) is 1.51. The van der Waals surface area contributed by atoms with Crippen molar-refractivity contribution in [1.29, 1.82) is 0 Å². The van der Waals surface area contributed by atoms with Crippen LogP contribution in [0.3, 0.4) is 0 Å². The van der Waals surface area contributed by atoms with Crippen LogP contribution in [0.25, 0.3) is 10.9 Å². The molecule has 0 saturated carbocycles. The van der Waals surface area contributed by atoms with E-state index in [4.69, 9.17) is 23.2 Å². The molecule has 0 atom stereocenters.